The number of para-hydroxylation sites is 1. The number of fused-ring (bicyclic) bond motifs is 1. The molecule has 4 N–H and O–H groups in total. The summed E-state index contributed by atoms with van der Waals surface area (Å²) in [5.74, 6) is 0. The molecule has 0 radical (unpaired) electrons. The molecule has 3 rings (SSSR count). The van der Waals surface area contributed by atoms with Crippen molar-refractivity contribution in [2.45, 2.75) is 6.42 Å². The van der Waals surface area contributed by atoms with Crippen LogP contribution in [0.1, 0.15) is 11.4 Å². The zero-order valence-corrected chi connectivity index (χ0v) is 10.4. The van der Waals surface area contributed by atoms with Crippen LogP contribution in [0.15, 0.2) is 48.7 Å². The second kappa shape index (κ2) is 4.57. The first-order valence-corrected chi connectivity index (χ1v) is 6.08. The van der Waals surface area contributed by atoms with Gasteiger partial charge in [0.15, 0.2) is 0 Å². The first kappa shape index (κ1) is 11.5. The van der Waals surface area contributed by atoms with Crippen molar-refractivity contribution in [3.05, 3.63) is 60.0 Å². The molecule has 0 spiro atoms. The van der Waals surface area contributed by atoms with Crippen LogP contribution in [0.4, 0.5) is 11.4 Å². The van der Waals surface area contributed by atoms with Crippen LogP contribution in [0.5, 0.6) is 0 Å². The number of nitrogen functional groups attached to an aromatic ring is 2. The predicted molar refractivity (Wildman–Crippen MR) is 77.6 cm³/mol. The van der Waals surface area contributed by atoms with Crippen LogP contribution in [0.2, 0.25) is 0 Å². The molecule has 2 aromatic heterocycles. The number of hydrogen-bond donors (Lipinski definition) is 2. The number of pyridine rings is 2. The molecule has 4 nitrogen and oxygen atoms in total. The molecule has 0 amide bonds. The highest BCUT2D eigenvalue weighted by Gasteiger charge is 2.10. The fourth-order valence-corrected chi connectivity index (χ4v) is 2.11. The SMILES string of the molecule is Nc1c(Cc2ccccn2)nc2ccccc2c1N. The molecule has 19 heavy (non-hydrogen) atoms. The third-order valence-electron chi connectivity index (χ3n) is 3.13. The Balaban J connectivity index is 2.11. The van der Waals surface area contributed by atoms with E-state index in [2.05, 4.69) is 9.97 Å². The monoisotopic (exact) mass is 250 g/mol. The van der Waals surface area contributed by atoms with Gasteiger partial charge in [-0.2, -0.15) is 0 Å². The van der Waals surface area contributed by atoms with Crippen LogP contribution >= 0.6 is 0 Å². The van der Waals surface area contributed by atoms with Gasteiger partial charge in [-0.3, -0.25) is 9.97 Å². The van der Waals surface area contributed by atoms with Crippen molar-refractivity contribution in [3.8, 4) is 0 Å². The van der Waals surface area contributed by atoms with Crippen LogP contribution in [-0.2, 0) is 6.42 Å². The molecule has 2 heterocycles. The Morgan fingerprint density at radius 3 is 2.47 bits per heavy atom. The van der Waals surface area contributed by atoms with E-state index < -0.39 is 0 Å². The van der Waals surface area contributed by atoms with Crippen LogP contribution < -0.4 is 11.5 Å². The maximum absolute atomic E-state index is 6.09. The Morgan fingerprint density at radius 2 is 1.68 bits per heavy atom. The summed E-state index contributed by atoms with van der Waals surface area (Å²) < 4.78 is 0. The Hall–Kier alpha value is -2.62. The van der Waals surface area contributed by atoms with Crippen LogP contribution in [0.3, 0.4) is 0 Å². The first-order valence-electron chi connectivity index (χ1n) is 6.08. The van der Waals surface area contributed by atoms with Gasteiger partial charge < -0.3 is 11.5 Å². The smallest absolute Gasteiger partial charge is 0.0777 e. The number of anilines is 2. The standard InChI is InChI=1S/C15H14N4/c16-14-11-6-1-2-7-12(11)19-13(15(14)17)9-10-5-3-4-8-18-10/h1-8H,9,17H2,(H2,16,19). The predicted octanol–water partition coefficient (Wildman–Crippen LogP) is 2.38. The number of benzene rings is 1. The van der Waals surface area contributed by atoms with Gasteiger partial charge in [0, 0.05) is 23.7 Å². The van der Waals surface area contributed by atoms with Gasteiger partial charge in [0.2, 0.25) is 0 Å². The lowest BCUT2D eigenvalue weighted by molar-refractivity contribution is 1.03. The minimum atomic E-state index is 0.546. The summed E-state index contributed by atoms with van der Waals surface area (Å²) in [7, 11) is 0. The summed E-state index contributed by atoms with van der Waals surface area (Å²) in [5.41, 5.74) is 15.9. The van der Waals surface area contributed by atoms with Crippen molar-refractivity contribution in [3.63, 3.8) is 0 Å². The van der Waals surface area contributed by atoms with Gasteiger partial charge in [-0.05, 0) is 18.2 Å². The van der Waals surface area contributed by atoms with E-state index in [1.54, 1.807) is 6.20 Å². The molecule has 0 atom stereocenters. The summed E-state index contributed by atoms with van der Waals surface area (Å²) >= 11 is 0. The summed E-state index contributed by atoms with van der Waals surface area (Å²) in [6, 6.07) is 13.5. The molecule has 0 fully saturated rings. The molecule has 0 aliphatic carbocycles. The minimum Gasteiger partial charge on any atom is -0.396 e. The third kappa shape index (κ3) is 2.08. The molecule has 1 aromatic carbocycles. The first-order chi connectivity index (χ1) is 9.25. The average molecular weight is 250 g/mol. The maximum atomic E-state index is 6.09. The Kier molecular flexibility index (Phi) is 2.76. The maximum Gasteiger partial charge on any atom is 0.0777 e. The average Bonchev–Trinajstić information content (AvgIpc) is 2.46. The fourth-order valence-electron chi connectivity index (χ4n) is 2.11. The molecule has 0 saturated carbocycles. The highest BCUT2D eigenvalue weighted by Crippen LogP contribution is 2.28. The van der Waals surface area contributed by atoms with Crippen molar-refractivity contribution in [1.82, 2.24) is 9.97 Å². The number of nitrogens with zero attached hydrogens (tertiary/aromatic N) is 2. The van der Waals surface area contributed by atoms with Gasteiger partial charge >= 0.3 is 0 Å². The number of nitrogens with two attached hydrogens (primary N) is 2. The van der Waals surface area contributed by atoms with Crippen molar-refractivity contribution < 1.29 is 0 Å². The second-order valence-corrected chi connectivity index (χ2v) is 4.40. The third-order valence-corrected chi connectivity index (χ3v) is 3.13. The molecule has 0 aliphatic heterocycles. The number of rotatable bonds is 2. The zero-order valence-electron chi connectivity index (χ0n) is 10.4. The van der Waals surface area contributed by atoms with E-state index in [0.29, 0.717) is 17.8 Å². The molecule has 4 heteroatoms. The minimum absolute atomic E-state index is 0.546. The number of aromatic nitrogens is 2. The summed E-state index contributed by atoms with van der Waals surface area (Å²) in [6.07, 6.45) is 2.34. The summed E-state index contributed by atoms with van der Waals surface area (Å²) in [4.78, 5) is 8.87. The quantitative estimate of drug-likeness (QED) is 0.732. The lowest BCUT2D eigenvalue weighted by Gasteiger charge is -2.10. The zero-order chi connectivity index (χ0) is 13.2. The van der Waals surface area contributed by atoms with Crippen LogP contribution in [-0.4, -0.2) is 9.97 Å². The summed E-state index contributed by atoms with van der Waals surface area (Å²) in [5, 5.41) is 0.893. The van der Waals surface area contributed by atoms with E-state index in [1.807, 2.05) is 42.5 Å². The van der Waals surface area contributed by atoms with E-state index in [0.717, 1.165) is 22.3 Å². The molecule has 0 aliphatic rings. The Morgan fingerprint density at radius 1 is 0.895 bits per heavy atom. The highest BCUT2D eigenvalue weighted by atomic mass is 14.8. The lowest BCUT2D eigenvalue weighted by Crippen LogP contribution is -2.05. The molecule has 3 aromatic rings. The number of hydrogen-bond acceptors (Lipinski definition) is 4. The Bertz CT molecular complexity index is 723. The van der Waals surface area contributed by atoms with E-state index in [4.69, 9.17) is 11.5 Å². The molecule has 0 bridgehead atoms. The fraction of sp³-hybridized carbons (Fsp3) is 0.0667. The molecule has 94 valence electrons. The molecule has 0 saturated heterocycles. The molecular weight excluding hydrogens is 236 g/mol. The van der Waals surface area contributed by atoms with E-state index in [1.165, 1.54) is 0 Å². The van der Waals surface area contributed by atoms with Crippen LogP contribution in [0.25, 0.3) is 10.9 Å². The molecular formula is C15H14N4. The van der Waals surface area contributed by atoms with Gasteiger partial charge in [0.25, 0.3) is 0 Å². The summed E-state index contributed by atoms with van der Waals surface area (Å²) in [6.45, 7) is 0. The van der Waals surface area contributed by atoms with Gasteiger partial charge in [0.1, 0.15) is 0 Å². The second-order valence-electron chi connectivity index (χ2n) is 4.40. The highest BCUT2D eigenvalue weighted by molar-refractivity contribution is 5.96. The van der Waals surface area contributed by atoms with Crippen molar-refractivity contribution in [1.29, 1.82) is 0 Å². The largest absolute Gasteiger partial charge is 0.396 e. The van der Waals surface area contributed by atoms with Crippen molar-refractivity contribution >= 4 is 22.3 Å². The van der Waals surface area contributed by atoms with Crippen molar-refractivity contribution in [2.24, 2.45) is 0 Å². The van der Waals surface area contributed by atoms with Gasteiger partial charge in [-0.1, -0.05) is 24.3 Å². The van der Waals surface area contributed by atoms with Gasteiger partial charge in [-0.25, -0.2) is 0 Å². The van der Waals surface area contributed by atoms with Gasteiger partial charge in [-0.15, -0.1) is 0 Å². The topological polar surface area (TPSA) is 77.8 Å². The van der Waals surface area contributed by atoms with E-state index in [-0.39, 0.29) is 0 Å². The lowest BCUT2D eigenvalue weighted by atomic mass is 10.1. The van der Waals surface area contributed by atoms with E-state index >= 15 is 0 Å². The normalized spacial score (nSPS) is 10.7. The van der Waals surface area contributed by atoms with Gasteiger partial charge in [0.05, 0.1) is 22.6 Å². The molecule has 0 unspecified atom stereocenters. The van der Waals surface area contributed by atoms with E-state index in [9.17, 15) is 0 Å². The van der Waals surface area contributed by atoms with Crippen molar-refractivity contribution in [2.75, 3.05) is 11.5 Å². The van der Waals surface area contributed by atoms with Crippen LogP contribution in [0, 0.1) is 0 Å². The Labute approximate surface area is 111 Å².